The van der Waals surface area contributed by atoms with Gasteiger partial charge in [-0.3, -0.25) is 4.79 Å². The first-order valence-corrected chi connectivity index (χ1v) is 5.01. The number of fused-ring (bicyclic) bond motifs is 1. The van der Waals surface area contributed by atoms with E-state index in [9.17, 15) is 4.79 Å². The van der Waals surface area contributed by atoms with E-state index in [-0.39, 0.29) is 4.87 Å². The maximum absolute atomic E-state index is 11.1. The fraction of sp³-hybridized carbons (Fsp3) is 0.300. The Kier molecular flexibility index (Phi) is 1.77. The summed E-state index contributed by atoms with van der Waals surface area (Å²) in [6, 6.07) is 2.07. The number of benzene rings is 1. The fourth-order valence-electron chi connectivity index (χ4n) is 1.51. The van der Waals surface area contributed by atoms with Crippen LogP contribution in [0.3, 0.4) is 0 Å². The van der Waals surface area contributed by atoms with Gasteiger partial charge >= 0.3 is 4.87 Å². The van der Waals surface area contributed by atoms with Crippen LogP contribution in [0, 0.1) is 20.8 Å². The Bertz CT molecular complexity index is 521. The molecule has 0 unspecified atom stereocenters. The lowest BCUT2D eigenvalue weighted by Gasteiger charge is -2.04. The molecule has 2 aromatic rings. The lowest BCUT2D eigenvalue weighted by Crippen LogP contribution is -1.92. The van der Waals surface area contributed by atoms with Crippen molar-refractivity contribution in [1.82, 2.24) is 4.98 Å². The van der Waals surface area contributed by atoms with Crippen LogP contribution >= 0.6 is 11.3 Å². The highest BCUT2D eigenvalue weighted by molar-refractivity contribution is 7.16. The molecule has 0 aliphatic heterocycles. The van der Waals surface area contributed by atoms with E-state index in [4.69, 9.17) is 0 Å². The van der Waals surface area contributed by atoms with Crippen molar-refractivity contribution in [2.24, 2.45) is 0 Å². The highest BCUT2D eigenvalue weighted by Gasteiger charge is 2.06. The summed E-state index contributed by atoms with van der Waals surface area (Å²) in [6.07, 6.45) is 0. The van der Waals surface area contributed by atoms with E-state index in [1.807, 2.05) is 6.92 Å². The zero-order valence-electron chi connectivity index (χ0n) is 7.89. The Labute approximate surface area is 80.2 Å². The molecular weight excluding hydrogens is 182 g/mol. The van der Waals surface area contributed by atoms with Crippen LogP contribution in [0.2, 0.25) is 0 Å². The van der Waals surface area contributed by atoms with Crippen molar-refractivity contribution in [3.05, 3.63) is 32.4 Å². The third kappa shape index (κ3) is 1.20. The second kappa shape index (κ2) is 2.70. The summed E-state index contributed by atoms with van der Waals surface area (Å²) in [5.41, 5.74) is 4.70. The second-order valence-corrected chi connectivity index (χ2v) is 4.35. The van der Waals surface area contributed by atoms with Gasteiger partial charge in [-0.2, -0.15) is 0 Å². The normalized spacial score (nSPS) is 11.0. The van der Waals surface area contributed by atoms with Gasteiger partial charge < -0.3 is 4.98 Å². The van der Waals surface area contributed by atoms with Gasteiger partial charge in [-0.25, -0.2) is 0 Å². The lowest BCUT2D eigenvalue weighted by atomic mass is 10.0. The molecule has 2 nitrogen and oxygen atoms in total. The molecule has 13 heavy (non-hydrogen) atoms. The van der Waals surface area contributed by atoms with Crippen molar-refractivity contribution in [3.8, 4) is 0 Å². The third-order valence-electron chi connectivity index (χ3n) is 2.55. The molecule has 0 atom stereocenters. The van der Waals surface area contributed by atoms with Gasteiger partial charge in [-0.15, -0.1) is 0 Å². The van der Waals surface area contributed by atoms with E-state index in [0.29, 0.717) is 0 Å². The van der Waals surface area contributed by atoms with E-state index < -0.39 is 0 Å². The second-order valence-electron chi connectivity index (χ2n) is 3.33. The summed E-state index contributed by atoms with van der Waals surface area (Å²) < 4.78 is 1.06. The smallest absolute Gasteiger partial charge is 0.305 e. The molecule has 0 bridgehead atoms. The molecule has 0 amide bonds. The zero-order chi connectivity index (χ0) is 9.59. The first kappa shape index (κ1) is 8.51. The highest BCUT2D eigenvalue weighted by Crippen LogP contribution is 2.24. The Morgan fingerprint density at radius 1 is 1.23 bits per heavy atom. The highest BCUT2D eigenvalue weighted by atomic mass is 32.1. The quantitative estimate of drug-likeness (QED) is 0.685. The van der Waals surface area contributed by atoms with Crippen molar-refractivity contribution in [3.63, 3.8) is 0 Å². The van der Waals surface area contributed by atoms with Crippen LogP contribution in [0.5, 0.6) is 0 Å². The summed E-state index contributed by atoms with van der Waals surface area (Å²) in [5.74, 6) is 0. The summed E-state index contributed by atoms with van der Waals surface area (Å²) in [5, 5.41) is 0. The topological polar surface area (TPSA) is 32.9 Å². The monoisotopic (exact) mass is 193 g/mol. The molecule has 1 heterocycles. The number of aryl methyl sites for hydroxylation is 2. The van der Waals surface area contributed by atoms with Gasteiger partial charge in [0.05, 0.1) is 10.2 Å². The number of aromatic nitrogens is 1. The van der Waals surface area contributed by atoms with Crippen LogP contribution in [0.25, 0.3) is 10.2 Å². The van der Waals surface area contributed by atoms with Gasteiger partial charge in [0.25, 0.3) is 0 Å². The first-order valence-electron chi connectivity index (χ1n) is 4.19. The number of nitrogens with one attached hydrogen (secondary N) is 1. The molecule has 68 valence electrons. The number of rotatable bonds is 0. The fourth-order valence-corrected chi connectivity index (χ4v) is 2.40. The Balaban J connectivity index is 3.00. The standard InChI is InChI=1S/C10H11NOS/c1-5-4-8-9(7(3)6(5)2)11-10(12)13-8/h4H,1-3H3,(H,11,12). The molecular formula is C10H11NOS. The molecule has 0 radical (unpaired) electrons. The Morgan fingerprint density at radius 3 is 2.62 bits per heavy atom. The number of hydrogen-bond donors (Lipinski definition) is 1. The molecule has 1 aromatic heterocycles. The average Bonchev–Trinajstić information content (AvgIpc) is 2.42. The summed E-state index contributed by atoms with van der Waals surface area (Å²) in [4.78, 5) is 14.0. The van der Waals surface area contributed by atoms with Crippen LogP contribution in [0.4, 0.5) is 0 Å². The molecule has 0 aliphatic rings. The number of H-pyrrole nitrogens is 1. The van der Waals surface area contributed by atoms with Crippen molar-refractivity contribution in [2.45, 2.75) is 20.8 Å². The number of hydrogen-bond acceptors (Lipinski definition) is 2. The number of thiazole rings is 1. The third-order valence-corrected chi connectivity index (χ3v) is 3.38. The molecule has 1 N–H and O–H groups in total. The van der Waals surface area contributed by atoms with Crippen LogP contribution in [0.1, 0.15) is 16.7 Å². The van der Waals surface area contributed by atoms with Gasteiger partial charge in [0.2, 0.25) is 0 Å². The zero-order valence-corrected chi connectivity index (χ0v) is 8.71. The van der Waals surface area contributed by atoms with Crippen LogP contribution < -0.4 is 4.87 Å². The van der Waals surface area contributed by atoms with Crippen molar-refractivity contribution in [1.29, 1.82) is 0 Å². The molecule has 0 saturated heterocycles. The molecule has 0 aliphatic carbocycles. The van der Waals surface area contributed by atoms with Crippen molar-refractivity contribution < 1.29 is 0 Å². The van der Waals surface area contributed by atoms with Crippen molar-refractivity contribution >= 4 is 21.6 Å². The van der Waals surface area contributed by atoms with E-state index in [0.717, 1.165) is 10.2 Å². The van der Waals surface area contributed by atoms with Gasteiger partial charge in [0, 0.05) is 0 Å². The average molecular weight is 193 g/mol. The minimum atomic E-state index is 0.0306. The van der Waals surface area contributed by atoms with Gasteiger partial charge in [-0.05, 0) is 43.5 Å². The molecule has 0 fully saturated rings. The minimum Gasteiger partial charge on any atom is -0.312 e. The van der Waals surface area contributed by atoms with Gasteiger partial charge in [0.15, 0.2) is 0 Å². The molecule has 0 saturated carbocycles. The van der Waals surface area contributed by atoms with E-state index in [1.165, 1.54) is 28.0 Å². The van der Waals surface area contributed by atoms with E-state index in [1.54, 1.807) is 0 Å². The minimum absolute atomic E-state index is 0.0306. The summed E-state index contributed by atoms with van der Waals surface area (Å²) in [7, 11) is 0. The van der Waals surface area contributed by atoms with Gasteiger partial charge in [-0.1, -0.05) is 11.3 Å². The van der Waals surface area contributed by atoms with Crippen LogP contribution in [0.15, 0.2) is 10.9 Å². The first-order chi connectivity index (χ1) is 6.09. The number of aromatic amines is 1. The van der Waals surface area contributed by atoms with Crippen molar-refractivity contribution in [2.75, 3.05) is 0 Å². The molecule has 2 rings (SSSR count). The predicted octanol–water partition coefficient (Wildman–Crippen LogP) is 2.51. The predicted molar refractivity (Wildman–Crippen MR) is 56.7 cm³/mol. The SMILES string of the molecule is Cc1cc2sc(=O)[nH]c2c(C)c1C. The lowest BCUT2D eigenvalue weighted by molar-refractivity contribution is 1.27. The molecule has 1 aromatic carbocycles. The summed E-state index contributed by atoms with van der Waals surface area (Å²) in [6.45, 7) is 6.21. The summed E-state index contributed by atoms with van der Waals surface area (Å²) >= 11 is 1.28. The van der Waals surface area contributed by atoms with E-state index >= 15 is 0 Å². The Morgan fingerprint density at radius 2 is 1.92 bits per heavy atom. The van der Waals surface area contributed by atoms with E-state index in [2.05, 4.69) is 24.9 Å². The maximum atomic E-state index is 11.1. The molecule has 0 spiro atoms. The maximum Gasteiger partial charge on any atom is 0.305 e. The van der Waals surface area contributed by atoms with Gasteiger partial charge in [0.1, 0.15) is 0 Å². The molecule has 3 heteroatoms. The van der Waals surface area contributed by atoms with Crippen LogP contribution in [-0.4, -0.2) is 4.98 Å². The largest absolute Gasteiger partial charge is 0.312 e. The Hall–Kier alpha value is -1.09. The van der Waals surface area contributed by atoms with Crippen LogP contribution in [-0.2, 0) is 0 Å².